The lowest BCUT2D eigenvalue weighted by Gasteiger charge is -2.18. The van der Waals surface area contributed by atoms with Gasteiger partial charge in [-0.2, -0.15) is 0 Å². The van der Waals surface area contributed by atoms with Crippen molar-refractivity contribution in [2.75, 3.05) is 0 Å². The first-order chi connectivity index (χ1) is 14.0. The maximum absolute atomic E-state index is 12.8. The molecule has 7 nitrogen and oxygen atoms in total. The third-order valence-corrected chi connectivity index (χ3v) is 5.62. The molecule has 29 heavy (non-hydrogen) atoms. The fourth-order valence-electron chi connectivity index (χ4n) is 4.18. The molecule has 2 heterocycles. The summed E-state index contributed by atoms with van der Waals surface area (Å²) in [6.07, 6.45) is 3.19. The van der Waals surface area contributed by atoms with Crippen molar-refractivity contribution in [1.29, 1.82) is 0 Å². The van der Waals surface area contributed by atoms with Gasteiger partial charge in [-0.05, 0) is 56.4 Å². The number of aryl methyl sites for hydroxylation is 1. The van der Waals surface area contributed by atoms with Gasteiger partial charge in [0, 0.05) is 16.7 Å². The molecule has 1 N–H and O–H groups in total. The average molecular weight is 388 g/mol. The van der Waals surface area contributed by atoms with Gasteiger partial charge in [0.15, 0.2) is 0 Å². The van der Waals surface area contributed by atoms with Crippen LogP contribution in [0.4, 0.5) is 0 Å². The quantitative estimate of drug-likeness (QED) is 0.696. The van der Waals surface area contributed by atoms with Crippen molar-refractivity contribution < 1.29 is 14.7 Å². The Kier molecular flexibility index (Phi) is 3.97. The van der Waals surface area contributed by atoms with Crippen LogP contribution < -0.4 is 0 Å². The number of phenols is 1. The van der Waals surface area contributed by atoms with Crippen molar-refractivity contribution in [2.45, 2.75) is 39.2 Å². The highest BCUT2D eigenvalue weighted by Gasteiger charge is 2.39. The lowest BCUT2D eigenvalue weighted by molar-refractivity contribution is -0.138. The number of fused-ring (bicyclic) bond motifs is 1. The first-order valence-corrected chi connectivity index (χ1v) is 9.76. The first kappa shape index (κ1) is 17.6. The predicted molar refractivity (Wildman–Crippen MR) is 106 cm³/mol. The van der Waals surface area contributed by atoms with Gasteiger partial charge < -0.3 is 5.11 Å². The molecule has 0 radical (unpaired) electrons. The van der Waals surface area contributed by atoms with Crippen LogP contribution in [0.5, 0.6) is 5.75 Å². The van der Waals surface area contributed by atoms with Crippen molar-refractivity contribution in [2.24, 2.45) is 0 Å². The summed E-state index contributed by atoms with van der Waals surface area (Å²) in [7, 11) is 0. The van der Waals surface area contributed by atoms with Crippen LogP contribution in [0, 0.1) is 6.92 Å². The number of amides is 2. The molecule has 0 saturated carbocycles. The number of hydrogen-bond donors (Lipinski definition) is 1. The summed E-state index contributed by atoms with van der Waals surface area (Å²) in [4.78, 5) is 28.2. The molecule has 3 aromatic rings. The number of aromatic nitrogens is 3. The van der Waals surface area contributed by atoms with E-state index in [0.29, 0.717) is 35.2 Å². The van der Waals surface area contributed by atoms with Crippen LogP contribution in [0.2, 0.25) is 0 Å². The number of carbonyl (C=O) groups is 2. The van der Waals surface area contributed by atoms with Crippen LogP contribution >= 0.6 is 0 Å². The number of nitrogens with zero attached hydrogens (tertiary/aromatic N) is 4. The minimum Gasteiger partial charge on any atom is -0.505 e. The lowest BCUT2D eigenvalue weighted by atomic mass is 9.93. The summed E-state index contributed by atoms with van der Waals surface area (Å²) in [5.41, 5.74) is 4.54. The van der Waals surface area contributed by atoms with E-state index < -0.39 is 0 Å². The molecule has 1 aliphatic carbocycles. The van der Waals surface area contributed by atoms with Crippen molar-refractivity contribution in [3.8, 4) is 11.4 Å². The average Bonchev–Trinajstić information content (AvgIpc) is 3.26. The van der Waals surface area contributed by atoms with Gasteiger partial charge in [-0.1, -0.05) is 18.2 Å². The van der Waals surface area contributed by atoms with Crippen molar-refractivity contribution in [3.63, 3.8) is 0 Å². The molecule has 2 aromatic carbocycles. The Labute approximate surface area is 167 Å². The molecule has 5 rings (SSSR count). The molecule has 0 bridgehead atoms. The summed E-state index contributed by atoms with van der Waals surface area (Å²) in [5.74, 6) is -0.480. The van der Waals surface area contributed by atoms with Crippen LogP contribution in [-0.2, 0) is 16.1 Å². The van der Waals surface area contributed by atoms with Gasteiger partial charge in [-0.3, -0.25) is 14.5 Å². The molecule has 1 aliphatic heterocycles. The van der Waals surface area contributed by atoms with Crippen LogP contribution in [0.3, 0.4) is 0 Å². The number of benzene rings is 2. The number of phenolic OH excluding ortho intramolecular Hbond substituents is 1. The maximum Gasteiger partial charge on any atom is 0.257 e. The fraction of sp³-hybridized carbons (Fsp3) is 0.273. The second-order valence-corrected chi connectivity index (χ2v) is 7.63. The van der Waals surface area contributed by atoms with E-state index in [4.69, 9.17) is 0 Å². The van der Waals surface area contributed by atoms with Gasteiger partial charge in [-0.25, -0.2) is 0 Å². The molecule has 0 atom stereocenters. The lowest BCUT2D eigenvalue weighted by Crippen LogP contribution is -2.31. The number of carbonyl (C=O) groups excluding carboxylic acids is 2. The van der Waals surface area contributed by atoms with Gasteiger partial charge in [0.05, 0.1) is 6.54 Å². The first-order valence-electron chi connectivity index (χ1n) is 9.76. The summed E-state index contributed by atoms with van der Waals surface area (Å²) < 4.78 is 0. The Morgan fingerprint density at radius 1 is 0.966 bits per heavy atom. The van der Waals surface area contributed by atoms with Gasteiger partial charge in [0.2, 0.25) is 0 Å². The smallest absolute Gasteiger partial charge is 0.257 e. The van der Waals surface area contributed by atoms with Crippen molar-refractivity contribution >= 4 is 22.8 Å². The number of rotatable bonds is 3. The second-order valence-electron chi connectivity index (χ2n) is 7.63. The molecule has 7 heteroatoms. The monoisotopic (exact) mass is 388 g/mol. The topological polar surface area (TPSA) is 88.3 Å². The van der Waals surface area contributed by atoms with Crippen molar-refractivity contribution in [3.05, 3.63) is 58.7 Å². The summed E-state index contributed by atoms with van der Waals surface area (Å²) in [6, 6.07) is 11.0. The minimum absolute atomic E-state index is 0.0265. The zero-order valence-corrected chi connectivity index (χ0v) is 16.1. The Morgan fingerprint density at radius 3 is 2.14 bits per heavy atom. The molecule has 0 unspecified atom stereocenters. The van der Waals surface area contributed by atoms with Gasteiger partial charge in [-0.15, -0.1) is 15.0 Å². The molecular formula is C22H20N4O3. The van der Waals surface area contributed by atoms with E-state index in [9.17, 15) is 14.7 Å². The SMILES string of the molecule is Cc1cc(CN2C(=O)C3=C(CCCC3)C2=O)c(O)c(-n2nc3ccccc3n2)c1. The number of hydrogen-bond acceptors (Lipinski definition) is 5. The molecule has 0 fully saturated rings. The Balaban J connectivity index is 1.52. The highest BCUT2D eigenvalue weighted by Crippen LogP contribution is 2.36. The number of aromatic hydroxyl groups is 1. The minimum atomic E-state index is -0.227. The van der Waals surface area contributed by atoms with E-state index in [2.05, 4.69) is 10.2 Å². The third-order valence-electron chi connectivity index (χ3n) is 5.62. The van der Waals surface area contributed by atoms with E-state index in [0.717, 1.165) is 29.4 Å². The summed E-state index contributed by atoms with van der Waals surface area (Å²) in [5, 5.41) is 19.8. The Bertz CT molecular complexity index is 1150. The van der Waals surface area contributed by atoms with E-state index in [1.165, 1.54) is 9.70 Å². The zero-order valence-electron chi connectivity index (χ0n) is 16.1. The third kappa shape index (κ3) is 2.81. The van der Waals surface area contributed by atoms with Gasteiger partial charge >= 0.3 is 0 Å². The van der Waals surface area contributed by atoms with Crippen LogP contribution in [-0.4, -0.2) is 36.8 Å². The predicted octanol–water partition coefficient (Wildman–Crippen LogP) is 3.17. The fourth-order valence-corrected chi connectivity index (χ4v) is 4.18. The second kappa shape index (κ2) is 6.55. The molecule has 2 amide bonds. The van der Waals surface area contributed by atoms with E-state index in [1.54, 1.807) is 12.1 Å². The van der Waals surface area contributed by atoms with Crippen LogP contribution in [0.1, 0.15) is 36.8 Å². The van der Waals surface area contributed by atoms with E-state index in [1.807, 2.05) is 31.2 Å². The zero-order chi connectivity index (χ0) is 20.1. The number of imide groups is 1. The standard InChI is InChI=1S/C22H20N4O3/c1-13-10-14(12-25-21(28)15-6-2-3-7-16(15)22(25)29)20(27)19(11-13)26-23-17-8-4-5-9-18(17)24-26/h4-5,8-11,27H,2-3,6-7,12H2,1H3. The summed E-state index contributed by atoms with van der Waals surface area (Å²) in [6.45, 7) is 1.93. The van der Waals surface area contributed by atoms with Crippen molar-refractivity contribution in [1.82, 2.24) is 19.9 Å². The van der Waals surface area contributed by atoms with E-state index in [-0.39, 0.29) is 24.1 Å². The van der Waals surface area contributed by atoms with Crippen LogP contribution in [0.15, 0.2) is 47.5 Å². The molecule has 1 aromatic heterocycles. The van der Waals surface area contributed by atoms with E-state index >= 15 is 0 Å². The van der Waals surface area contributed by atoms with Gasteiger partial charge in [0.1, 0.15) is 22.5 Å². The highest BCUT2D eigenvalue weighted by molar-refractivity contribution is 6.19. The Morgan fingerprint density at radius 2 is 1.55 bits per heavy atom. The molecular weight excluding hydrogens is 368 g/mol. The maximum atomic E-state index is 12.8. The largest absolute Gasteiger partial charge is 0.505 e. The Hall–Kier alpha value is -3.48. The molecule has 0 spiro atoms. The van der Waals surface area contributed by atoms with Crippen LogP contribution in [0.25, 0.3) is 16.7 Å². The molecule has 0 saturated heterocycles. The summed E-state index contributed by atoms with van der Waals surface area (Å²) >= 11 is 0. The highest BCUT2D eigenvalue weighted by atomic mass is 16.3. The molecule has 146 valence electrons. The van der Waals surface area contributed by atoms with Gasteiger partial charge in [0.25, 0.3) is 11.8 Å². The molecule has 2 aliphatic rings. The normalized spacial score (nSPS) is 16.8.